The maximum absolute atomic E-state index is 10.9. The van der Waals surface area contributed by atoms with Crippen LogP contribution < -0.4 is 11.2 Å². The fourth-order valence-electron chi connectivity index (χ4n) is 3.09. The number of aldehydes is 1. The minimum Gasteiger partial charge on any atom is -0.369 e. The van der Waals surface area contributed by atoms with Gasteiger partial charge in [0, 0.05) is 29.2 Å². The van der Waals surface area contributed by atoms with E-state index in [9.17, 15) is 4.79 Å². The first-order chi connectivity index (χ1) is 13.7. The molecule has 1 saturated heterocycles. The minimum atomic E-state index is 0.235. The molecule has 1 heterocycles. The number of rotatable bonds is 5. The maximum Gasteiger partial charge on any atom is 0.209 e. The second kappa shape index (κ2) is 9.90. The number of amidine groups is 1. The molecule has 0 bridgehead atoms. The molecule has 28 heavy (non-hydrogen) atoms. The van der Waals surface area contributed by atoms with Crippen molar-refractivity contribution in [2.45, 2.75) is 25.8 Å². The topological polar surface area (TPSA) is 83.1 Å². The number of carbonyl (C=O) groups is 1. The highest BCUT2D eigenvalue weighted by atomic mass is 35.5. The summed E-state index contributed by atoms with van der Waals surface area (Å²) in [6.45, 7) is 2.30. The zero-order chi connectivity index (χ0) is 19.8. The first-order valence-electron chi connectivity index (χ1n) is 9.34. The van der Waals surface area contributed by atoms with Crippen LogP contribution in [-0.2, 0) is 6.54 Å². The maximum atomic E-state index is 10.9. The number of hydrazone groups is 1. The third-order valence-corrected chi connectivity index (χ3v) is 4.79. The van der Waals surface area contributed by atoms with Crippen LogP contribution in [0.1, 0.15) is 40.7 Å². The predicted molar refractivity (Wildman–Crippen MR) is 114 cm³/mol. The van der Waals surface area contributed by atoms with E-state index >= 15 is 0 Å². The van der Waals surface area contributed by atoms with Crippen molar-refractivity contribution in [1.29, 1.82) is 0 Å². The highest BCUT2D eigenvalue weighted by molar-refractivity contribution is 6.30. The molecule has 6 nitrogen and oxygen atoms in total. The second-order valence-corrected chi connectivity index (χ2v) is 7.10. The molecule has 0 atom stereocenters. The van der Waals surface area contributed by atoms with E-state index < -0.39 is 0 Å². The largest absolute Gasteiger partial charge is 0.369 e. The van der Waals surface area contributed by atoms with Gasteiger partial charge in [0.05, 0.1) is 6.54 Å². The molecule has 0 radical (unpaired) electrons. The van der Waals surface area contributed by atoms with Crippen molar-refractivity contribution in [2.24, 2.45) is 15.8 Å². The number of piperidine rings is 1. The van der Waals surface area contributed by atoms with Gasteiger partial charge in [-0.25, -0.2) is 10.4 Å². The number of benzene rings is 2. The van der Waals surface area contributed by atoms with Gasteiger partial charge in [0.1, 0.15) is 6.29 Å². The van der Waals surface area contributed by atoms with Crippen LogP contribution in [0, 0.1) is 0 Å². The van der Waals surface area contributed by atoms with E-state index in [1.165, 1.54) is 6.42 Å². The van der Waals surface area contributed by atoms with Crippen molar-refractivity contribution < 1.29 is 4.79 Å². The molecule has 146 valence electrons. The monoisotopic (exact) mass is 397 g/mol. The van der Waals surface area contributed by atoms with Gasteiger partial charge in [0.2, 0.25) is 5.96 Å². The van der Waals surface area contributed by atoms with E-state index in [1.807, 2.05) is 36.4 Å². The van der Waals surface area contributed by atoms with Crippen LogP contribution in [-0.4, -0.2) is 36.1 Å². The second-order valence-electron chi connectivity index (χ2n) is 6.67. The number of carbonyl (C=O) groups excluding carboxylic acids is 1. The van der Waals surface area contributed by atoms with Gasteiger partial charge in [0.25, 0.3) is 0 Å². The molecule has 3 rings (SSSR count). The molecule has 1 aliphatic rings. The number of hydrogen-bond donors (Lipinski definition) is 2. The summed E-state index contributed by atoms with van der Waals surface area (Å²) in [6, 6.07) is 14.9. The summed E-state index contributed by atoms with van der Waals surface area (Å²) in [5, 5.41) is 5.20. The Labute approximate surface area is 170 Å². The van der Waals surface area contributed by atoms with Crippen LogP contribution in [0.3, 0.4) is 0 Å². The lowest BCUT2D eigenvalue weighted by molar-refractivity contribution is 0.112. The molecular formula is C21H24ClN5O. The van der Waals surface area contributed by atoms with Crippen molar-refractivity contribution in [2.75, 3.05) is 13.1 Å². The number of nitrogens with zero attached hydrogens (tertiary/aromatic N) is 3. The molecule has 7 heteroatoms. The van der Waals surface area contributed by atoms with Gasteiger partial charge < -0.3 is 10.6 Å². The summed E-state index contributed by atoms with van der Waals surface area (Å²) in [5.74, 6) is 1.04. The lowest BCUT2D eigenvalue weighted by atomic mass is 10.1. The third-order valence-electron chi connectivity index (χ3n) is 4.56. The smallest absolute Gasteiger partial charge is 0.209 e. The Bertz CT molecular complexity index is 857. The Morgan fingerprint density at radius 2 is 1.89 bits per heavy atom. The van der Waals surface area contributed by atoms with E-state index in [2.05, 4.69) is 20.4 Å². The van der Waals surface area contributed by atoms with Gasteiger partial charge in [-0.05, 0) is 37.0 Å². The van der Waals surface area contributed by atoms with Crippen molar-refractivity contribution in [3.8, 4) is 0 Å². The van der Waals surface area contributed by atoms with Gasteiger partial charge in [-0.3, -0.25) is 4.79 Å². The third kappa shape index (κ3) is 5.57. The normalized spacial score (nSPS) is 15.4. The summed E-state index contributed by atoms with van der Waals surface area (Å²) in [7, 11) is 0. The van der Waals surface area contributed by atoms with Crippen LogP contribution in [0.25, 0.3) is 0 Å². The molecule has 0 unspecified atom stereocenters. The van der Waals surface area contributed by atoms with Gasteiger partial charge in [-0.2, -0.15) is 5.10 Å². The molecule has 2 aromatic rings. The number of nitrogens with one attached hydrogen (secondary N) is 1. The lowest BCUT2D eigenvalue weighted by Crippen LogP contribution is -2.39. The molecule has 0 aliphatic carbocycles. The summed E-state index contributed by atoms with van der Waals surface area (Å²) >= 11 is 5.99. The van der Waals surface area contributed by atoms with Crippen molar-refractivity contribution in [1.82, 2.24) is 10.3 Å². The summed E-state index contributed by atoms with van der Waals surface area (Å²) in [5.41, 5.74) is 11.4. The molecule has 0 saturated carbocycles. The van der Waals surface area contributed by atoms with E-state index in [0.717, 1.165) is 49.2 Å². The number of likely N-dealkylation sites (tertiary alicyclic amines) is 1. The number of hydrogen-bond acceptors (Lipinski definition) is 3. The van der Waals surface area contributed by atoms with E-state index in [0.29, 0.717) is 17.1 Å². The molecule has 1 aliphatic heterocycles. The molecular weight excluding hydrogens is 374 g/mol. The van der Waals surface area contributed by atoms with Gasteiger partial charge in [0.15, 0.2) is 5.84 Å². The van der Waals surface area contributed by atoms with Crippen LogP contribution in [0.2, 0.25) is 5.02 Å². The highest BCUT2D eigenvalue weighted by Gasteiger charge is 2.17. The average molecular weight is 398 g/mol. The molecule has 0 amide bonds. The lowest BCUT2D eigenvalue weighted by Gasteiger charge is -2.29. The summed E-state index contributed by atoms with van der Waals surface area (Å²) in [4.78, 5) is 17.5. The van der Waals surface area contributed by atoms with Crippen LogP contribution >= 0.6 is 11.6 Å². The van der Waals surface area contributed by atoms with E-state index in [1.54, 1.807) is 12.1 Å². The van der Waals surface area contributed by atoms with Crippen LogP contribution in [0.4, 0.5) is 0 Å². The Morgan fingerprint density at radius 3 is 2.57 bits per heavy atom. The first kappa shape index (κ1) is 19.9. The summed E-state index contributed by atoms with van der Waals surface area (Å²) in [6.07, 6.45) is 4.32. The van der Waals surface area contributed by atoms with E-state index in [4.69, 9.17) is 17.3 Å². The standard InChI is InChI=1S/C21H24ClN5O/c22-19-6-4-5-17(13-19)14-24-21(23)26-25-20(27-11-2-1-3-12-27)18-9-7-16(15-28)8-10-18/h4-10,13,15H,1-3,11-12,14H2,(H3,23,24,26). The van der Waals surface area contributed by atoms with Crippen molar-refractivity contribution in [3.63, 3.8) is 0 Å². The Balaban J connectivity index is 1.75. The van der Waals surface area contributed by atoms with Gasteiger partial charge >= 0.3 is 0 Å². The van der Waals surface area contributed by atoms with Gasteiger partial charge in [-0.15, -0.1) is 0 Å². The molecule has 3 N–H and O–H groups in total. The molecule has 0 aromatic heterocycles. The zero-order valence-corrected chi connectivity index (χ0v) is 16.4. The zero-order valence-electron chi connectivity index (χ0n) is 15.6. The van der Waals surface area contributed by atoms with Crippen molar-refractivity contribution >= 4 is 29.7 Å². The number of nitrogens with two attached hydrogens (primary N) is 1. The number of halogens is 1. The molecule has 2 aromatic carbocycles. The average Bonchev–Trinajstić information content (AvgIpc) is 2.74. The fraction of sp³-hybridized carbons (Fsp3) is 0.286. The fourth-order valence-corrected chi connectivity index (χ4v) is 3.30. The van der Waals surface area contributed by atoms with Crippen LogP contribution in [0.15, 0.2) is 58.6 Å². The van der Waals surface area contributed by atoms with Crippen molar-refractivity contribution in [3.05, 3.63) is 70.2 Å². The highest BCUT2D eigenvalue weighted by Crippen LogP contribution is 2.15. The molecule has 1 fully saturated rings. The quantitative estimate of drug-likeness (QED) is 0.350. The number of guanidine groups is 1. The van der Waals surface area contributed by atoms with E-state index in [-0.39, 0.29) is 5.96 Å². The predicted octanol–water partition coefficient (Wildman–Crippen LogP) is 3.40. The van der Waals surface area contributed by atoms with Gasteiger partial charge in [-0.1, -0.05) is 48.0 Å². The first-order valence-corrected chi connectivity index (χ1v) is 9.72. The summed E-state index contributed by atoms with van der Waals surface area (Å²) < 4.78 is 0. The number of aliphatic imine (C=N–C) groups is 1. The Morgan fingerprint density at radius 1 is 1.14 bits per heavy atom. The Hall–Kier alpha value is -2.86. The minimum absolute atomic E-state index is 0.235. The molecule has 0 spiro atoms. The SMILES string of the molecule is NC(=NCc1cccc(Cl)c1)NN=C(c1ccc(C=O)cc1)N1CCCCC1. The Kier molecular flexibility index (Phi) is 7.03. The van der Waals surface area contributed by atoms with Crippen LogP contribution in [0.5, 0.6) is 0 Å².